The molecule has 0 bridgehead atoms. The van der Waals surface area contributed by atoms with Gasteiger partial charge in [-0.05, 0) is 38.5 Å². The fraction of sp³-hybridized carbons (Fsp3) is 0.943. The molecular formula is C87H170NO8+. The highest BCUT2D eigenvalue weighted by Crippen LogP contribution is 2.21. The van der Waals surface area contributed by atoms with Gasteiger partial charge in [0.15, 0.2) is 6.10 Å². The van der Waals surface area contributed by atoms with Gasteiger partial charge in [-0.2, -0.15) is 0 Å². The summed E-state index contributed by atoms with van der Waals surface area (Å²) >= 11 is 0. The van der Waals surface area contributed by atoms with Crippen LogP contribution in [0.25, 0.3) is 0 Å². The van der Waals surface area contributed by atoms with E-state index in [2.05, 4.69) is 26.0 Å². The molecule has 0 aromatic carbocycles. The number of carboxylic acid groups (broad SMARTS) is 1. The van der Waals surface area contributed by atoms with E-state index in [-0.39, 0.29) is 38.2 Å². The molecule has 9 nitrogen and oxygen atoms in total. The van der Waals surface area contributed by atoms with E-state index in [1.54, 1.807) is 0 Å². The van der Waals surface area contributed by atoms with Crippen molar-refractivity contribution in [1.82, 2.24) is 0 Å². The number of esters is 2. The minimum Gasteiger partial charge on any atom is -0.477 e. The first kappa shape index (κ1) is 94.0. The molecule has 0 aliphatic heterocycles. The second kappa shape index (κ2) is 78.7. The number of ether oxygens (including phenoxy) is 4. The van der Waals surface area contributed by atoms with E-state index in [1.165, 1.54) is 405 Å². The number of rotatable bonds is 83. The van der Waals surface area contributed by atoms with Crippen LogP contribution in [0.15, 0.2) is 12.2 Å². The lowest BCUT2D eigenvalue weighted by molar-refractivity contribution is -0.870. The molecule has 0 aliphatic carbocycles. The minimum absolute atomic E-state index is 0.173. The number of quaternary nitrogens is 1. The molecule has 9 heteroatoms. The average Bonchev–Trinajstić information content (AvgIpc) is 2.59. The number of carboxylic acids is 1. The third-order valence-electron chi connectivity index (χ3n) is 20.3. The van der Waals surface area contributed by atoms with E-state index >= 15 is 0 Å². The Hall–Kier alpha value is -1.97. The van der Waals surface area contributed by atoms with Crippen molar-refractivity contribution in [2.75, 3.05) is 47.5 Å². The summed E-state index contributed by atoms with van der Waals surface area (Å²) in [4.78, 5) is 37.8. The Balaban J connectivity index is 3.89. The van der Waals surface area contributed by atoms with Crippen LogP contribution in [0.1, 0.15) is 470 Å². The van der Waals surface area contributed by atoms with Crippen molar-refractivity contribution in [2.45, 2.75) is 482 Å². The monoisotopic (exact) mass is 1360 g/mol. The summed E-state index contributed by atoms with van der Waals surface area (Å²) in [5.74, 6) is -1.96. The van der Waals surface area contributed by atoms with Crippen molar-refractivity contribution in [3.8, 4) is 0 Å². The van der Waals surface area contributed by atoms with Gasteiger partial charge in [-0.15, -0.1) is 0 Å². The van der Waals surface area contributed by atoms with Gasteiger partial charge in [0.05, 0.1) is 34.4 Å². The Morgan fingerprint density at radius 2 is 0.531 bits per heavy atom. The Bertz CT molecular complexity index is 1580. The molecule has 0 aromatic rings. The second-order valence-electron chi connectivity index (χ2n) is 31.2. The minimum atomic E-state index is -1.51. The highest BCUT2D eigenvalue weighted by Gasteiger charge is 2.25. The third kappa shape index (κ3) is 79.4. The smallest absolute Gasteiger partial charge is 0.361 e. The molecule has 0 saturated heterocycles. The summed E-state index contributed by atoms with van der Waals surface area (Å²) in [6.07, 6.45) is 97.0. The normalized spacial score (nSPS) is 12.6. The molecule has 2 atom stereocenters. The van der Waals surface area contributed by atoms with Crippen LogP contribution < -0.4 is 0 Å². The number of hydrogen-bond acceptors (Lipinski definition) is 7. The van der Waals surface area contributed by atoms with E-state index < -0.39 is 18.4 Å². The Morgan fingerprint density at radius 3 is 0.771 bits per heavy atom. The molecule has 96 heavy (non-hydrogen) atoms. The van der Waals surface area contributed by atoms with Gasteiger partial charge in [-0.3, -0.25) is 9.59 Å². The molecule has 0 amide bonds. The number of nitrogens with zero attached hydrogens (tertiary/aromatic N) is 1. The Kier molecular flexibility index (Phi) is 77.1. The van der Waals surface area contributed by atoms with Gasteiger partial charge >= 0.3 is 17.9 Å². The molecule has 0 spiro atoms. The molecule has 0 rings (SSSR count). The maximum atomic E-state index is 13.0. The van der Waals surface area contributed by atoms with Crippen LogP contribution >= 0.6 is 0 Å². The van der Waals surface area contributed by atoms with Crippen molar-refractivity contribution < 1.29 is 42.9 Å². The first-order chi connectivity index (χ1) is 47.1. The lowest BCUT2D eigenvalue weighted by atomic mass is 10.0. The third-order valence-corrected chi connectivity index (χ3v) is 20.3. The molecule has 0 aliphatic rings. The molecule has 570 valence electrons. The van der Waals surface area contributed by atoms with Gasteiger partial charge in [0, 0.05) is 12.8 Å². The molecule has 0 heterocycles. The highest BCUT2D eigenvalue weighted by atomic mass is 16.7. The van der Waals surface area contributed by atoms with Gasteiger partial charge in [-0.1, -0.05) is 431 Å². The maximum Gasteiger partial charge on any atom is 0.361 e. The number of aliphatic carboxylic acids is 1. The number of carbonyl (C=O) groups is 3. The topological polar surface area (TPSA) is 108 Å². The van der Waals surface area contributed by atoms with Gasteiger partial charge in [0.1, 0.15) is 13.2 Å². The van der Waals surface area contributed by atoms with E-state index in [0.717, 1.165) is 38.5 Å². The first-order valence-electron chi connectivity index (χ1n) is 43.4. The molecule has 1 N–H and O–H groups in total. The zero-order valence-corrected chi connectivity index (χ0v) is 65.6. The zero-order chi connectivity index (χ0) is 69.7. The van der Waals surface area contributed by atoms with E-state index in [1.807, 2.05) is 21.1 Å². The van der Waals surface area contributed by atoms with Crippen LogP contribution in [-0.2, 0) is 33.3 Å². The SMILES string of the molecule is CCCCCCCCCC/C=C\CCCCCCCCCCCCCCCCCCCCCC(=O)OC(COC(=O)CCCCCCCCCCCCCCCCCCCCCCCCCCCCCCCCCCCCCCCCCC)COC(OCC[N+](C)(C)C)C(=O)O. The van der Waals surface area contributed by atoms with Crippen LogP contribution in [0.3, 0.4) is 0 Å². The van der Waals surface area contributed by atoms with Crippen LogP contribution in [0.5, 0.6) is 0 Å². The van der Waals surface area contributed by atoms with Gasteiger partial charge in [-0.25, -0.2) is 4.79 Å². The molecule has 0 fully saturated rings. The summed E-state index contributed by atoms with van der Waals surface area (Å²) < 4.78 is 23.1. The Labute approximate surface area is 599 Å². The number of allylic oxidation sites excluding steroid dienone is 2. The van der Waals surface area contributed by atoms with Crippen LogP contribution in [0.2, 0.25) is 0 Å². The number of carbonyl (C=O) groups excluding carboxylic acids is 2. The van der Waals surface area contributed by atoms with Crippen molar-refractivity contribution in [2.24, 2.45) is 0 Å². The van der Waals surface area contributed by atoms with E-state index in [0.29, 0.717) is 17.4 Å². The first-order valence-corrected chi connectivity index (χ1v) is 43.4. The predicted octanol–water partition coefficient (Wildman–Crippen LogP) is 27.9. The molecule has 0 aromatic heterocycles. The van der Waals surface area contributed by atoms with Crippen molar-refractivity contribution in [1.29, 1.82) is 0 Å². The Morgan fingerprint density at radius 1 is 0.302 bits per heavy atom. The van der Waals surface area contributed by atoms with Crippen LogP contribution in [0, 0.1) is 0 Å². The number of unbranched alkanes of at least 4 members (excludes halogenated alkanes) is 66. The van der Waals surface area contributed by atoms with Crippen LogP contribution in [-0.4, -0.2) is 87.4 Å². The largest absolute Gasteiger partial charge is 0.477 e. The van der Waals surface area contributed by atoms with E-state index in [9.17, 15) is 19.5 Å². The van der Waals surface area contributed by atoms with Gasteiger partial charge in [0.2, 0.25) is 0 Å². The molecule has 0 radical (unpaired) electrons. The molecular weight excluding hydrogens is 1190 g/mol. The van der Waals surface area contributed by atoms with Crippen LogP contribution in [0.4, 0.5) is 0 Å². The fourth-order valence-corrected chi connectivity index (χ4v) is 13.7. The number of hydrogen-bond donors (Lipinski definition) is 1. The lowest BCUT2D eigenvalue weighted by Crippen LogP contribution is -2.40. The zero-order valence-electron chi connectivity index (χ0n) is 65.6. The summed E-state index contributed by atoms with van der Waals surface area (Å²) in [7, 11) is 6.01. The highest BCUT2D eigenvalue weighted by molar-refractivity contribution is 5.71. The number of likely N-dealkylation sites (N-methyl/N-ethyl adjacent to an activating group) is 1. The van der Waals surface area contributed by atoms with Gasteiger partial charge in [0.25, 0.3) is 6.29 Å². The summed E-state index contributed by atoms with van der Waals surface area (Å²) in [6.45, 7) is 4.98. The van der Waals surface area contributed by atoms with E-state index in [4.69, 9.17) is 18.9 Å². The average molecular weight is 1360 g/mol. The quantitative estimate of drug-likeness (QED) is 0.0211. The van der Waals surface area contributed by atoms with Crippen molar-refractivity contribution >= 4 is 17.9 Å². The fourth-order valence-electron chi connectivity index (χ4n) is 13.7. The van der Waals surface area contributed by atoms with Crippen molar-refractivity contribution in [3.05, 3.63) is 12.2 Å². The summed E-state index contributed by atoms with van der Waals surface area (Å²) in [6, 6.07) is 0. The molecule has 2 unspecified atom stereocenters. The summed E-state index contributed by atoms with van der Waals surface area (Å²) in [5.41, 5.74) is 0. The van der Waals surface area contributed by atoms with Gasteiger partial charge < -0.3 is 28.5 Å². The van der Waals surface area contributed by atoms with Crippen molar-refractivity contribution in [3.63, 3.8) is 0 Å². The molecule has 0 saturated carbocycles. The maximum absolute atomic E-state index is 13.0. The lowest BCUT2D eigenvalue weighted by Gasteiger charge is -2.25. The second-order valence-corrected chi connectivity index (χ2v) is 31.2. The predicted molar refractivity (Wildman–Crippen MR) is 415 cm³/mol. The standard InChI is InChI=1S/C87H169NO8/c1-6-8-10-12-14-16-18-20-22-24-26-28-30-32-34-36-38-39-40-41-42-43-44-45-46-48-49-51-53-55-57-59-61-63-65-67-69-71-73-75-77-84(89)94-81-83(82-95-87(86(91)92)93-80-79-88(3,4)5)96-85(90)78-76-74-72-70-68-66-64-62-60-58-56-54-52-50-47-37-35-33-31-29-27-25-23-21-19-17-15-13-11-9-7-2/h25,27,83,87H,6-24,26,28-82H2,1-5H3/p+1/b27-25-. The summed E-state index contributed by atoms with van der Waals surface area (Å²) in [5, 5.41) is 9.78.